The molecule has 1 aromatic rings. The van der Waals surface area contributed by atoms with Gasteiger partial charge < -0.3 is 10.1 Å². The molecule has 120 valence electrons. The van der Waals surface area contributed by atoms with Crippen LogP contribution >= 0.6 is 11.3 Å². The molecule has 1 fully saturated rings. The van der Waals surface area contributed by atoms with E-state index in [1.165, 1.54) is 11.3 Å². The van der Waals surface area contributed by atoms with Gasteiger partial charge in [0.05, 0.1) is 4.90 Å². The lowest BCUT2D eigenvalue weighted by Crippen LogP contribution is -2.40. The molecule has 0 radical (unpaired) electrons. The first kappa shape index (κ1) is 16.9. The second kappa shape index (κ2) is 7.69. The standard InChI is InChI=1S/C14H24N2O3S2/c1-3-15-10-13-14(6-9-20-13)21(17,18)16-11(2)12-4-7-19-8-5-12/h6,9,11-12,15-16H,3-5,7-8,10H2,1-2H3. The van der Waals surface area contributed by atoms with Crippen LogP contribution in [0.15, 0.2) is 16.3 Å². The Morgan fingerprint density at radius 2 is 2.14 bits per heavy atom. The highest BCUT2D eigenvalue weighted by Gasteiger charge is 2.27. The lowest BCUT2D eigenvalue weighted by molar-refractivity contribution is 0.0585. The van der Waals surface area contributed by atoms with Crippen LogP contribution in [0.5, 0.6) is 0 Å². The highest BCUT2D eigenvalue weighted by molar-refractivity contribution is 7.89. The van der Waals surface area contributed by atoms with E-state index >= 15 is 0 Å². The summed E-state index contributed by atoms with van der Waals surface area (Å²) < 4.78 is 33.3. The summed E-state index contributed by atoms with van der Waals surface area (Å²) in [5.41, 5.74) is 0. The molecule has 1 atom stereocenters. The van der Waals surface area contributed by atoms with Gasteiger partial charge in [-0.25, -0.2) is 13.1 Å². The molecular weight excluding hydrogens is 308 g/mol. The normalized spacial score (nSPS) is 18.8. The number of hydrogen-bond acceptors (Lipinski definition) is 5. The lowest BCUT2D eigenvalue weighted by atomic mass is 9.94. The van der Waals surface area contributed by atoms with Crippen LogP contribution < -0.4 is 10.0 Å². The molecule has 5 nitrogen and oxygen atoms in total. The zero-order valence-electron chi connectivity index (χ0n) is 12.6. The van der Waals surface area contributed by atoms with Crippen LogP contribution in [0.4, 0.5) is 0 Å². The van der Waals surface area contributed by atoms with E-state index in [0.29, 0.717) is 17.4 Å². The predicted molar refractivity (Wildman–Crippen MR) is 85.0 cm³/mol. The van der Waals surface area contributed by atoms with E-state index in [-0.39, 0.29) is 6.04 Å². The van der Waals surface area contributed by atoms with E-state index in [9.17, 15) is 8.42 Å². The number of thiophene rings is 1. The monoisotopic (exact) mass is 332 g/mol. The Morgan fingerprint density at radius 3 is 2.81 bits per heavy atom. The van der Waals surface area contributed by atoms with E-state index in [0.717, 1.165) is 37.5 Å². The first-order valence-corrected chi connectivity index (χ1v) is 9.78. The summed E-state index contributed by atoms with van der Waals surface area (Å²) in [5.74, 6) is 0.351. The van der Waals surface area contributed by atoms with Crippen molar-refractivity contribution >= 4 is 21.4 Å². The molecule has 2 heterocycles. The number of nitrogens with one attached hydrogen (secondary N) is 2. The third kappa shape index (κ3) is 4.50. The van der Waals surface area contributed by atoms with Crippen molar-refractivity contribution in [2.24, 2.45) is 5.92 Å². The largest absolute Gasteiger partial charge is 0.381 e. The Morgan fingerprint density at radius 1 is 1.43 bits per heavy atom. The molecule has 1 aliphatic rings. The van der Waals surface area contributed by atoms with Gasteiger partial charge in [0.25, 0.3) is 0 Å². The Balaban J connectivity index is 2.05. The van der Waals surface area contributed by atoms with Crippen molar-refractivity contribution in [3.8, 4) is 0 Å². The highest BCUT2D eigenvalue weighted by Crippen LogP contribution is 2.24. The molecule has 0 bridgehead atoms. The Hall–Kier alpha value is -0.470. The summed E-state index contributed by atoms with van der Waals surface area (Å²) in [4.78, 5) is 1.27. The summed E-state index contributed by atoms with van der Waals surface area (Å²) in [6.45, 7) is 6.82. The maximum Gasteiger partial charge on any atom is 0.241 e. The molecule has 0 amide bonds. The van der Waals surface area contributed by atoms with Crippen molar-refractivity contribution in [1.82, 2.24) is 10.0 Å². The van der Waals surface area contributed by atoms with Crippen LogP contribution in [0.3, 0.4) is 0 Å². The Bertz CT molecular complexity index is 536. The second-order valence-corrected chi connectivity index (χ2v) is 8.03. The Kier molecular flexibility index (Phi) is 6.19. The van der Waals surface area contributed by atoms with Crippen LogP contribution in [0, 0.1) is 5.92 Å². The molecule has 1 unspecified atom stereocenters. The molecule has 0 aromatic carbocycles. The second-order valence-electron chi connectivity index (χ2n) is 5.35. The molecule has 2 N–H and O–H groups in total. The van der Waals surface area contributed by atoms with Crippen LogP contribution in [0.2, 0.25) is 0 Å². The summed E-state index contributed by atoms with van der Waals surface area (Å²) in [6, 6.07) is 1.63. The van der Waals surface area contributed by atoms with Gasteiger partial charge in [-0.3, -0.25) is 0 Å². The van der Waals surface area contributed by atoms with Crippen LogP contribution in [-0.2, 0) is 21.3 Å². The topological polar surface area (TPSA) is 67.4 Å². The van der Waals surface area contributed by atoms with Crippen LogP contribution in [0.1, 0.15) is 31.6 Å². The molecule has 1 saturated heterocycles. The van der Waals surface area contributed by atoms with E-state index in [4.69, 9.17) is 4.74 Å². The number of sulfonamides is 1. The molecule has 0 spiro atoms. The summed E-state index contributed by atoms with van der Waals surface area (Å²) >= 11 is 1.48. The molecule has 0 aliphatic carbocycles. The van der Waals surface area contributed by atoms with E-state index in [1.54, 1.807) is 6.07 Å². The molecule has 7 heteroatoms. The highest BCUT2D eigenvalue weighted by atomic mass is 32.2. The molecule has 0 saturated carbocycles. The fraction of sp³-hybridized carbons (Fsp3) is 0.714. The average Bonchev–Trinajstić information content (AvgIpc) is 2.95. The maximum atomic E-state index is 12.6. The summed E-state index contributed by atoms with van der Waals surface area (Å²) in [5, 5.41) is 5.02. The third-order valence-corrected chi connectivity index (χ3v) is 6.54. The van der Waals surface area contributed by atoms with Crippen molar-refractivity contribution in [3.05, 3.63) is 16.3 Å². The van der Waals surface area contributed by atoms with Crippen molar-refractivity contribution in [3.63, 3.8) is 0 Å². The Labute approximate surface area is 131 Å². The third-order valence-electron chi connectivity index (χ3n) is 3.84. The zero-order valence-corrected chi connectivity index (χ0v) is 14.2. The minimum atomic E-state index is -3.45. The van der Waals surface area contributed by atoms with Gasteiger partial charge in [0.1, 0.15) is 0 Å². The van der Waals surface area contributed by atoms with Crippen molar-refractivity contribution in [2.75, 3.05) is 19.8 Å². The quantitative estimate of drug-likeness (QED) is 0.801. The van der Waals surface area contributed by atoms with Gasteiger partial charge >= 0.3 is 0 Å². The molecular formula is C14H24N2O3S2. The van der Waals surface area contributed by atoms with Crippen molar-refractivity contribution in [2.45, 2.75) is 44.2 Å². The smallest absolute Gasteiger partial charge is 0.241 e. The van der Waals surface area contributed by atoms with E-state index in [1.807, 2.05) is 19.2 Å². The minimum Gasteiger partial charge on any atom is -0.381 e. The van der Waals surface area contributed by atoms with E-state index < -0.39 is 10.0 Å². The fourth-order valence-electron chi connectivity index (χ4n) is 2.56. The van der Waals surface area contributed by atoms with Gasteiger partial charge in [0, 0.05) is 30.7 Å². The number of rotatable bonds is 7. The number of ether oxygens (including phenoxy) is 1. The fourth-order valence-corrected chi connectivity index (χ4v) is 5.28. The SMILES string of the molecule is CCNCc1sccc1S(=O)(=O)NC(C)C1CCOCC1. The number of hydrogen-bond donors (Lipinski definition) is 2. The van der Waals surface area contributed by atoms with Crippen LogP contribution in [0.25, 0.3) is 0 Å². The van der Waals surface area contributed by atoms with Crippen molar-refractivity contribution in [1.29, 1.82) is 0 Å². The molecule has 21 heavy (non-hydrogen) atoms. The van der Waals surface area contributed by atoms with Crippen LogP contribution in [-0.4, -0.2) is 34.2 Å². The molecule has 1 aliphatic heterocycles. The van der Waals surface area contributed by atoms with Gasteiger partial charge in [-0.2, -0.15) is 0 Å². The van der Waals surface area contributed by atoms with Gasteiger partial charge in [-0.05, 0) is 43.7 Å². The van der Waals surface area contributed by atoms with Gasteiger partial charge in [-0.15, -0.1) is 11.3 Å². The van der Waals surface area contributed by atoms with Gasteiger partial charge in [0.2, 0.25) is 10.0 Å². The molecule has 2 rings (SSSR count). The van der Waals surface area contributed by atoms with Crippen molar-refractivity contribution < 1.29 is 13.2 Å². The average molecular weight is 332 g/mol. The summed E-state index contributed by atoms with van der Waals surface area (Å²) in [6.07, 6.45) is 1.83. The van der Waals surface area contributed by atoms with Gasteiger partial charge in [0.15, 0.2) is 0 Å². The first-order chi connectivity index (χ1) is 10.0. The first-order valence-electron chi connectivity index (χ1n) is 7.41. The maximum absolute atomic E-state index is 12.6. The zero-order chi connectivity index (χ0) is 15.3. The minimum absolute atomic E-state index is 0.0641. The predicted octanol–water partition coefficient (Wildman–Crippen LogP) is 1.95. The van der Waals surface area contributed by atoms with Gasteiger partial charge in [-0.1, -0.05) is 6.92 Å². The summed E-state index contributed by atoms with van der Waals surface area (Å²) in [7, 11) is -3.45. The molecule has 1 aromatic heterocycles. The van der Waals surface area contributed by atoms with E-state index in [2.05, 4.69) is 10.0 Å². The lowest BCUT2D eigenvalue weighted by Gasteiger charge is -2.28.